The smallest absolute Gasteiger partial charge is 0.251 e. The van der Waals surface area contributed by atoms with Gasteiger partial charge in [0.05, 0.1) is 19.3 Å². The van der Waals surface area contributed by atoms with Crippen LogP contribution in [0.15, 0.2) is 30.6 Å². The SMILES string of the molecule is COc1ccc(C(=O)NCc2ncc[nH]2)cc1N. The average Bonchev–Trinajstić information content (AvgIpc) is 2.89. The summed E-state index contributed by atoms with van der Waals surface area (Å²) in [6.07, 6.45) is 3.33. The fourth-order valence-electron chi connectivity index (χ4n) is 1.54. The van der Waals surface area contributed by atoms with Crippen LogP contribution in [-0.2, 0) is 6.54 Å². The predicted octanol–water partition coefficient (Wildman–Crippen LogP) is 0.931. The lowest BCUT2D eigenvalue weighted by molar-refractivity contribution is 0.0950. The molecule has 0 aliphatic heterocycles. The molecule has 0 atom stereocenters. The first-order valence-corrected chi connectivity index (χ1v) is 5.40. The molecule has 0 unspecified atom stereocenters. The lowest BCUT2D eigenvalue weighted by Gasteiger charge is -2.07. The van der Waals surface area contributed by atoms with Gasteiger partial charge in [-0.3, -0.25) is 4.79 Å². The van der Waals surface area contributed by atoms with Gasteiger partial charge in [0.2, 0.25) is 0 Å². The van der Waals surface area contributed by atoms with Crippen molar-refractivity contribution in [1.82, 2.24) is 15.3 Å². The first-order valence-electron chi connectivity index (χ1n) is 5.40. The number of rotatable bonds is 4. The molecule has 0 spiro atoms. The number of nitrogens with two attached hydrogens (primary N) is 1. The van der Waals surface area contributed by atoms with Crippen LogP contribution in [0.4, 0.5) is 5.69 Å². The summed E-state index contributed by atoms with van der Waals surface area (Å²) in [5.41, 5.74) is 6.66. The van der Waals surface area contributed by atoms with Crippen molar-refractivity contribution in [2.24, 2.45) is 0 Å². The molecule has 1 heterocycles. The number of hydrogen-bond acceptors (Lipinski definition) is 4. The molecule has 94 valence electrons. The first kappa shape index (κ1) is 12.0. The average molecular weight is 246 g/mol. The van der Waals surface area contributed by atoms with Crippen LogP contribution in [0.25, 0.3) is 0 Å². The summed E-state index contributed by atoms with van der Waals surface area (Å²) in [5.74, 6) is 1.04. The van der Waals surface area contributed by atoms with E-state index >= 15 is 0 Å². The Morgan fingerprint density at radius 3 is 3.00 bits per heavy atom. The molecule has 0 radical (unpaired) electrons. The van der Waals surface area contributed by atoms with E-state index in [0.29, 0.717) is 29.4 Å². The second kappa shape index (κ2) is 5.22. The van der Waals surface area contributed by atoms with Crippen LogP contribution in [0.5, 0.6) is 5.75 Å². The Balaban J connectivity index is 2.02. The van der Waals surface area contributed by atoms with Gasteiger partial charge in [-0.2, -0.15) is 0 Å². The fourth-order valence-corrected chi connectivity index (χ4v) is 1.54. The fraction of sp³-hybridized carbons (Fsp3) is 0.167. The monoisotopic (exact) mass is 246 g/mol. The van der Waals surface area contributed by atoms with E-state index in [1.54, 1.807) is 30.6 Å². The quantitative estimate of drug-likeness (QED) is 0.700. The minimum absolute atomic E-state index is 0.208. The van der Waals surface area contributed by atoms with Gasteiger partial charge in [0.25, 0.3) is 5.91 Å². The number of aromatic nitrogens is 2. The highest BCUT2D eigenvalue weighted by molar-refractivity contribution is 5.95. The third-order valence-corrected chi connectivity index (χ3v) is 2.46. The zero-order valence-electron chi connectivity index (χ0n) is 9.93. The Labute approximate surface area is 104 Å². The summed E-state index contributed by atoms with van der Waals surface area (Å²) in [6, 6.07) is 4.90. The normalized spacial score (nSPS) is 10.1. The highest BCUT2D eigenvalue weighted by Crippen LogP contribution is 2.21. The third kappa shape index (κ3) is 2.60. The van der Waals surface area contributed by atoms with Gasteiger partial charge >= 0.3 is 0 Å². The van der Waals surface area contributed by atoms with Crippen molar-refractivity contribution >= 4 is 11.6 Å². The summed E-state index contributed by atoms with van der Waals surface area (Å²) in [4.78, 5) is 18.8. The number of carbonyl (C=O) groups excluding carboxylic acids is 1. The standard InChI is InChI=1S/C12H14N4O2/c1-18-10-3-2-8(6-9(10)13)12(17)16-7-11-14-4-5-15-11/h2-6H,7,13H2,1H3,(H,14,15)(H,16,17). The number of hydrogen-bond donors (Lipinski definition) is 3. The number of ether oxygens (including phenoxy) is 1. The molecule has 0 fully saturated rings. The predicted molar refractivity (Wildman–Crippen MR) is 67.2 cm³/mol. The maximum Gasteiger partial charge on any atom is 0.251 e. The van der Waals surface area contributed by atoms with Crippen LogP contribution < -0.4 is 15.8 Å². The molecule has 1 aromatic heterocycles. The van der Waals surface area contributed by atoms with Crippen LogP contribution in [0.2, 0.25) is 0 Å². The van der Waals surface area contributed by atoms with Gasteiger partial charge in [-0.1, -0.05) is 0 Å². The maximum absolute atomic E-state index is 11.8. The highest BCUT2D eigenvalue weighted by Gasteiger charge is 2.08. The third-order valence-electron chi connectivity index (χ3n) is 2.46. The first-order chi connectivity index (χ1) is 8.70. The molecule has 6 nitrogen and oxygen atoms in total. The summed E-state index contributed by atoms with van der Waals surface area (Å²) < 4.78 is 5.03. The van der Waals surface area contributed by atoms with Crippen molar-refractivity contribution in [1.29, 1.82) is 0 Å². The summed E-state index contributed by atoms with van der Waals surface area (Å²) in [6.45, 7) is 0.345. The Kier molecular flexibility index (Phi) is 3.47. The minimum atomic E-state index is -0.208. The molecule has 0 aliphatic carbocycles. The number of benzene rings is 1. The maximum atomic E-state index is 11.8. The van der Waals surface area contributed by atoms with Crippen LogP contribution in [0.3, 0.4) is 0 Å². The molecule has 4 N–H and O–H groups in total. The van der Waals surface area contributed by atoms with Gasteiger partial charge in [0, 0.05) is 18.0 Å². The van der Waals surface area contributed by atoms with Crippen molar-refractivity contribution in [3.05, 3.63) is 42.0 Å². The highest BCUT2D eigenvalue weighted by atomic mass is 16.5. The van der Waals surface area contributed by atoms with E-state index in [1.165, 1.54) is 7.11 Å². The lowest BCUT2D eigenvalue weighted by Crippen LogP contribution is -2.23. The largest absolute Gasteiger partial charge is 0.495 e. The second-order valence-electron chi connectivity index (χ2n) is 3.68. The van der Waals surface area contributed by atoms with Crippen molar-refractivity contribution in [2.75, 3.05) is 12.8 Å². The van der Waals surface area contributed by atoms with E-state index in [1.807, 2.05) is 0 Å². The molecule has 2 aromatic rings. The molecule has 0 aliphatic rings. The molecular formula is C12H14N4O2. The van der Waals surface area contributed by atoms with Crippen molar-refractivity contribution < 1.29 is 9.53 Å². The molecule has 1 aromatic carbocycles. The molecule has 2 rings (SSSR count). The Morgan fingerprint density at radius 1 is 1.56 bits per heavy atom. The number of amides is 1. The molecule has 0 saturated heterocycles. The zero-order valence-corrected chi connectivity index (χ0v) is 9.93. The molecule has 1 amide bonds. The Hall–Kier alpha value is -2.50. The van der Waals surface area contributed by atoms with Crippen LogP contribution in [0.1, 0.15) is 16.2 Å². The van der Waals surface area contributed by atoms with Crippen LogP contribution in [-0.4, -0.2) is 23.0 Å². The van der Waals surface area contributed by atoms with Gasteiger partial charge in [-0.25, -0.2) is 4.98 Å². The topological polar surface area (TPSA) is 93.0 Å². The molecular weight excluding hydrogens is 232 g/mol. The number of nitrogen functional groups attached to an aromatic ring is 1. The van der Waals surface area contributed by atoms with Crippen LogP contribution >= 0.6 is 0 Å². The molecule has 6 heteroatoms. The van der Waals surface area contributed by atoms with Gasteiger partial charge in [-0.15, -0.1) is 0 Å². The van der Waals surface area contributed by atoms with E-state index in [-0.39, 0.29) is 5.91 Å². The van der Waals surface area contributed by atoms with E-state index < -0.39 is 0 Å². The molecule has 0 bridgehead atoms. The van der Waals surface area contributed by atoms with Gasteiger partial charge < -0.3 is 20.8 Å². The number of nitrogens with zero attached hydrogens (tertiary/aromatic N) is 1. The molecule has 18 heavy (non-hydrogen) atoms. The number of nitrogens with one attached hydrogen (secondary N) is 2. The number of methoxy groups -OCH3 is 1. The second-order valence-corrected chi connectivity index (χ2v) is 3.68. The van der Waals surface area contributed by atoms with E-state index in [4.69, 9.17) is 10.5 Å². The van der Waals surface area contributed by atoms with Gasteiger partial charge in [0.1, 0.15) is 11.6 Å². The number of imidazole rings is 1. The number of anilines is 1. The van der Waals surface area contributed by atoms with E-state index in [2.05, 4.69) is 15.3 Å². The lowest BCUT2D eigenvalue weighted by atomic mass is 10.2. The van der Waals surface area contributed by atoms with Gasteiger partial charge in [-0.05, 0) is 18.2 Å². The summed E-state index contributed by atoms with van der Waals surface area (Å²) in [5, 5.41) is 2.74. The Morgan fingerprint density at radius 2 is 2.39 bits per heavy atom. The summed E-state index contributed by atoms with van der Waals surface area (Å²) >= 11 is 0. The van der Waals surface area contributed by atoms with Gasteiger partial charge in [0.15, 0.2) is 0 Å². The van der Waals surface area contributed by atoms with Crippen molar-refractivity contribution in [3.63, 3.8) is 0 Å². The summed E-state index contributed by atoms with van der Waals surface area (Å²) in [7, 11) is 1.53. The minimum Gasteiger partial charge on any atom is -0.495 e. The van der Waals surface area contributed by atoms with E-state index in [0.717, 1.165) is 0 Å². The molecule has 0 saturated carbocycles. The zero-order chi connectivity index (χ0) is 13.0. The van der Waals surface area contributed by atoms with Crippen molar-refractivity contribution in [3.8, 4) is 5.75 Å². The van der Waals surface area contributed by atoms with E-state index in [9.17, 15) is 4.79 Å². The number of H-pyrrole nitrogens is 1. The Bertz CT molecular complexity index is 537. The van der Waals surface area contributed by atoms with Crippen LogP contribution in [0, 0.1) is 0 Å². The van der Waals surface area contributed by atoms with Crippen molar-refractivity contribution in [2.45, 2.75) is 6.54 Å². The number of aromatic amines is 1. The number of carbonyl (C=O) groups is 1.